The predicted octanol–water partition coefficient (Wildman–Crippen LogP) is 4.06. The zero-order valence-corrected chi connectivity index (χ0v) is 13.9. The lowest BCUT2D eigenvalue weighted by Gasteiger charge is -2.47. The van der Waals surface area contributed by atoms with E-state index in [4.69, 9.17) is 10.5 Å². The standard InChI is InChI=1S/C21H25NO/c1-3-23-19-14-15-20(2,22)16-21(19,17-10-6-4-7-11-17)18-12-8-5-9-13-18/h4-15,19H,3,16,22H2,1-2H3. The van der Waals surface area contributed by atoms with Crippen LogP contribution in [0.25, 0.3) is 0 Å². The van der Waals surface area contributed by atoms with E-state index in [1.165, 1.54) is 11.1 Å². The minimum Gasteiger partial charge on any atom is -0.373 e. The smallest absolute Gasteiger partial charge is 0.0894 e. The molecule has 0 aromatic heterocycles. The molecule has 0 saturated heterocycles. The molecule has 120 valence electrons. The second kappa shape index (κ2) is 6.31. The molecule has 0 amide bonds. The van der Waals surface area contributed by atoms with Crippen LogP contribution in [0.3, 0.4) is 0 Å². The largest absolute Gasteiger partial charge is 0.373 e. The maximum atomic E-state index is 6.54. The van der Waals surface area contributed by atoms with Gasteiger partial charge < -0.3 is 10.5 Å². The Labute approximate surface area is 139 Å². The van der Waals surface area contributed by atoms with Crippen molar-refractivity contribution >= 4 is 0 Å². The molecule has 2 nitrogen and oxygen atoms in total. The fourth-order valence-electron chi connectivity index (χ4n) is 3.78. The van der Waals surface area contributed by atoms with E-state index in [1.54, 1.807) is 0 Å². The lowest BCUT2D eigenvalue weighted by atomic mass is 9.61. The van der Waals surface area contributed by atoms with Crippen LogP contribution in [-0.2, 0) is 10.2 Å². The summed E-state index contributed by atoms with van der Waals surface area (Å²) in [7, 11) is 0. The molecule has 1 aliphatic rings. The number of benzene rings is 2. The van der Waals surface area contributed by atoms with Crippen molar-refractivity contribution in [1.82, 2.24) is 0 Å². The minimum absolute atomic E-state index is 0.0195. The summed E-state index contributed by atoms with van der Waals surface area (Å²) in [6.07, 6.45) is 5.04. The highest BCUT2D eigenvalue weighted by Gasteiger charge is 2.47. The van der Waals surface area contributed by atoms with E-state index in [0.717, 1.165) is 6.42 Å². The molecule has 0 radical (unpaired) electrons. The highest BCUT2D eigenvalue weighted by molar-refractivity contribution is 5.45. The maximum Gasteiger partial charge on any atom is 0.0894 e. The first-order chi connectivity index (χ1) is 11.1. The molecule has 2 atom stereocenters. The van der Waals surface area contributed by atoms with Crippen molar-refractivity contribution in [2.75, 3.05) is 6.61 Å². The number of rotatable bonds is 4. The molecule has 2 aromatic rings. The Bertz CT molecular complexity index is 621. The third-order valence-electron chi connectivity index (χ3n) is 4.72. The normalized spacial score (nSPS) is 26.1. The molecule has 0 aliphatic heterocycles. The van der Waals surface area contributed by atoms with Gasteiger partial charge in [0.25, 0.3) is 0 Å². The zero-order chi connectivity index (χ0) is 16.3. The van der Waals surface area contributed by atoms with Crippen molar-refractivity contribution in [3.63, 3.8) is 0 Å². The predicted molar refractivity (Wildman–Crippen MR) is 95.4 cm³/mol. The van der Waals surface area contributed by atoms with Gasteiger partial charge in [0, 0.05) is 12.1 Å². The van der Waals surface area contributed by atoms with E-state index < -0.39 is 0 Å². The fourth-order valence-corrected chi connectivity index (χ4v) is 3.78. The molecule has 3 rings (SSSR count). The summed E-state index contributed by atoms with van der Waals surface area (Å²) in [6, 6.07) is 21.2. The number of ether oxygens (including phenoxy) is 1. The average Bonchev–Trinajstić information content (AvgIpc) is 2.58. The first kappa shape index (κ1) is 16.0. The number of nitrogens with two attached hydrogens (primary N) is 1. The average molecular weight is 307 g/mol. The molecule has 1 aliphatic carbocycles. The van der Waals surface area contributed by atoms with Crippen LogP contribution in [0, 0.1) is 0 Å². The molecule has 2 N–H and O–H groups in total. The van der Waals surface area contributed by atoms with Crippen molar-refractivity contribution in [2.45, 2.75) is 37.3 Å². The summed E-state index contributed by atoms with van der Waals surface area (Å²) < 4.78 is 6.16. The molecule has 2 unspecified atom stereocenters. The second-order valence-corrected chi connectivity index (χ2v) is 6.62. The first-order valence-corrected chi connectivity index (χ1v) is 8.29. The van der Waals surface area contributed by atoms with Crippen molar-refractivity contribution in [2.24, 2.45) is 5.73 Å². The van der Waals surface area contributed by atoms with Crippen LogP contribution >= 0.6 is 0 Å². The summed E-state index contributed by atoms with van der Waals surface area (Å²) in [5, 5.41) is 0. The minimum atomic E-state index is -0.362. The summed E-state index contributed by atoms with van der Waals surface area (Å²) in [6.45, 7) is 4.81. The zero-order valence-electron chi connectivity index (χ0n) is 13.9. The number of hydrogen-bond acceptors (Lipinski definition) is 2. The van der Waals surface area contributed by atoms with Crippen LogP contribution in [0.1, 0.15) is 31.4 Å². The van der Waals surface area contributed by atoms with Crippen LogP contribution in [0.2, 0.25) is 0 Å². The Morgan fingerprint density at radius 3 is 2.00 bits per heavy atom. The van der Waals surface area contributed by atoms with E-state index in [9.17, 15) is 0 Å². The van der Waals surface area contributed by atoms with Gasteiger partial charge in [-0.05, 0) is 31.4 Å². The Morgan fingerprint density at radius 1 is 1.00 bits per heavy atom. The van der Waals surface area contributed by atoms with Gasteiger partial charge in [0.1, 0.15) is 0 Å². The molecule has 0 saturated carbocycles. The number of hydrogen-bond donors (Lipinski definition) is 1. The van der Waals surface area contributed by atoms with Gasteiger partial charge in [-0.2, -0.15) is 0 Å². The van der Waals surface area contributed by atoms with Gasteiger partial charge in [-0.15, -0.1) is 0 Å². The molecule has 2 aromatic carbocycles. The van der Waals surface area contributed by atoms with Crippen LogP contribution in [0.4, 0.5) is 0 Å². The van der Waals surface area contributed by atoms with Crippen molar-refractivity contribution in [3.8, 4) is 0 Å². The molecular weight excluding hydrogens is 282 g/mol. The van der Waals surface area contributed by atoms with Crippen LogP contribution in [0.5, 0.6) is 0 Å². The van der Waals surface area contributed by atoms with Crippen molar-refractivity contribution in [3.05, 3.63) is 83.9 Å². The molecule has 0 fully saturated rings. The monoisotopic (exact) mass is 307 g/mol. The van der Waals surface area contributed by atoms with Gasteiger partial charge in [0.05, 0.1) is 11.5 Å². The molecular formula is C21H25NO. The Hall–Kier alpha value is -1.90. The third-order valence-corrected chi connectivity index (χ3v) is 4.72. The van der Waals surface area contributed by atoms with E-state index in [-0.39, 0.29) is 17.1 Å². The quantitative estimate of drug-likeness (QED) is 0.865. The lowest BCUT2D eigenvalue weighted by Crippen LogP contribution is -2.53. The second-order valence-electron chi connectivity index (χ2n) is 6.62. The topological polar surface area (TPSA) is 35.2 Å². The first-order valence-electron chi connectivity index (χ1n) is 8.29. The molecule has 0 bridgehead atoms. The van der Waals surface area contributed by atoms with E-state index in [1.807, 2.05) is 6.92 Å². The van der Waals surface area contributed by atoms with Crippen LogP contribution < -0.4 is 5.73 Å². The van der Waals surface area contributed by atoms with Gasteiger partial charge in [0.15, 0.2) is 0 Å². The molecule has 0 heterocycles. The summed E-state index contributed by atoms with van der Waals surface area (Å²) in [4.78, 5) is 0. The van der Waals surface area contributed by atoms with Gasteiger partial charge >= 0.3 is 0 Å². The SMILES string of the molecule is CCOC1C=CC(C)(N)CC1(c1ccccc1)c1ccccc1. The van der Waals surface area contributed by atoms with Gasteiger partial charge in [-0.3, -0.25) is 0 Å². The lowest BCUT2D eigenvalue weighted by molar-refractivity contribution is 0.0343. The van der Waals surface area contributed by atoms with Crippen molar-refractivity contribution in [1.29, 1.82) is 0 Å². The Morgan fingerprint density at radius 2 is 1.52 bits per heavy atom. The summed E-state index contributed by atoms with van der Waals surface area (Å²) >= 11 is 0. The van der Waals surface area contributed by atoms with Crippen molar-refractivity contribution < 1.29 is 4.74 Å². The Kier molecular flexibility index (Phi) is 4.38. The highest BCUT2D eigenvalue weighted by atomic mass is 16.5. The van der Waals surface area contributed by atoms with E-state index in [2.05, 4.69) is 79.7 Å². The Balaban J connectivity index is 2.24. The van der Waals surface area contributed by atoms with Crippen LogP contribution in [-0.4, -0.2) is 18.2 Å². The molecule has 2 heteroatoms. The molecule has 0 spiro atoms. The van der Waals surface area contributed by atoms with Gasteiger partial charge in [-0.1, -0.05) is 72.8 Å². The van der Waals surface area contributed by atoms with E-state index >= 15 is 0 Å². The highest BCUT2D eigenvalue weighted by Crippen LogP contribution is 2.46. The van der Waals surface area contributed by atoms with Gasteiger partial charge in [-0.25, -0.2) is 0 Å². The summed E-state index contributed by atoms with van der Waals surface area (Å²) in [5.74, 6) is 0. The van der Waals surface area contributed by atoms with Crippen LogP contribution in [0.15, 0.2) is 72.8 Å². The molecule has 23 heavy (non-hydrogen) atoms. The summed E-state index contributed by atoms with van der Waals surface area (Å²) in [5.41, 5.74) is 8.43. The van der Waals surface area contributed by atoms with Gasteiger partial charge in [0.2, 0.25) is 0 Å². The van der Waals surface area contributed by atoms with E-state index in [0.29, 0.717) is 6.61 Å². The third kappa shape index (κ3) is 2.97. The maximum absolute atomic E-state index is 6.54. The fraction of sp³-hybridized carbons (Fsp3) is 0.333.